The number of carbonyl (C=O) groups excluding carboxylic acids is 1. The first-order valence-corrected chi connectivity index (χ1v) is 11.2. The molecular weight excluding hydrogens is 429 g/mol. The molecule has 6 heteroatoms. The molecule has 0 fully saturated rings. The summed E-state index contributed by atoms with van der Waals surface area (Å²) in [5.41, 5.74) is 6.72. The standard InChI is InChI=1S/C28H28FN3O2/c1-18-7-5-8-19(2)27(18)34-17-22-11-13-24(14-12-22)28(33)30-26-20(3)31-32(21(26)4)16-23-9-6-10-25(29)15-23/h5-15H,16-17H2,1-4H3,(H,30,33). The zero-order chi connectivity index (χ0) is 24.2. The fraction of sp³-hybridized carbons (Fsp3) is 0.214. The first-order valence-electron chi connectivity index (χ1n) is 11.2. The maximum Gasteiger partial charge on any atom is 0.255 e. The molecule has 0 aliphatic rings. The molecule has 0 spiro atoms. The number of ether oxygens (including phenoxy) is 1. The van der Waals surface area contributed by atoms with Crippen molar-refractivity contribution < 1.29 is 13.9 Å². The molecule has 174 valence electrons. The largest absolute Gasteiger partial charge is 0.488 e. The van der Waals surface area contributed by atoms with E-state index in [9.17, 15) is 9.18 Å². The van der Waals surface area contributed by atoms with Crippen LogP contribution in [0.3, 0.4) is 0 Å². The monoisotopic (exact) mass is 457 g/mol. The molecule has 0 bridgehead atoms. The second kappa shape index (κ2) is 9.91. The lowest BCUT2D eigenvalue weighted by molar-refractivity contribution is 0.102. The second-order valence-electron chi connectivity index (χ2n) is 8.49. The van der Waals surface area contributed by atoms with Crippen LogP contribution in [0.5, 0.6) is 5.75 Å². The molecule has 5 nitrogen and oxygen atoms in total. The van der Waals surface area contributed by atoms with Crippen LogP contribution in [0.25, 0.3) is 0 Å². The van der Waals surface area contributed by atoms with Crippen LogP contribution in [0.2, 0.25) is 0 Å². The normalized spacial score (nSPS) is 10.9. The molecule has 1 N–H and O–H groups in total. The summed E-state index contributed by atoms with van der Waals surface area (Å²) in [6.45, 7) is 8.65. The van der Waals surface area contributed by atoms with Crippen LogP contribution in [0.15, 0.2) is 66.7 Å². The van der Waals surface area contributed by atoms with Gasteiger partial charge in [0.15, 0.2) is 0 Å². The number of para-hydroxylation sites is 1. The predicted molar refractivity (Wildman–Crippen MR) is 132 cm³/mol. The van der Waals surface area contributed by atoms with Gasteiger partial charge in [-0.1, -0.05) is 42.5 Å². The minimum Gasteiger partial charge on any atom is -0.488 e. The van der Waals surface area contributed by atoms with Crippen molar-refractivity contribution in [2.24, 2.45) is 0 Å². The average molecular weight is 458 g/mol. The van der Waals surface area contributed by atoms with E-state index in [2.05, 4.69) is 10.4 Å². The zero-order valence-electron chi connectivity index (χ0n) is 19.9. The number of halogens is 1. The Kier molecular flexibility index (Phi) is 6.77. The van der Waals surface area contributed by atoms with Gasteiger partial charge in [-0.15, -0.1) is 0 Å². The van der Waals surface area contributed by atoms with Gasteiger partial charge in [0.2, 0.25) is 0 Å². The predicted octanol–water partition coefficient (Wildman–Crippen LogP) is 6.14. The maximum atomic E-state index is 13.5. The number of aryl methyl sites for hydroxylation is 3. The highest BCUT2D eigenvalue weighted by atomic mass is 19.1. The molecule has 1 aromatic heterocycles. The van der Waals surface area contributed by atoms with Gasteiger partial charge in [-0.2, -0.15) is 5.10 Å². The number of amides is 1. The minimum atomic E-state index is -0.282. The molecule has 34 heavy (non-hydrogen) atoms. The molecule has 4 aromatic rings. The van der Waals surface area contributed by atoms with Crippen molar-refractivity contribution in [3.05, 3.63) is 112 Å². The number of nitrogens with one attached hydrogen (secondary N) is 1. The zero-order valence-corrected chi connectivity index (χ0v) is 19.9. The number of rotatable bonds is 7. The quantitative estimate of drug-likeness (QED) is 0.363. The second-order valence-corrected chi connectivity index (χ2v) is 8.49. The van der Waals surface area contributed by atoms with Gasteiger partial charge in [-0.3, -0.25) is 9.48 Å². The lowest BCUT2D eigenvalue weighted by atomic mass is 10.1. The van der Waals surface area contributed by atoms with Crippen LogP contribution in [-0.2, 0) is 13.2 Å². The molecule has 1 amide bonds. The molecule has 0 atom stereocenters. The van der Waals surface area contributed by atoms with Crippen molar-refractivity contribution in [1.82, 2.24) is 9.78 Å². The molecule has 0 saturated heterocycles. The molecule has 0 saturated carbocycles. The highest BCUT2D eigenvalue weighted by Gasteiger charge is 2.16. The van der Waals surface area contributed by atoms with E-state index >= 15 is 0 Å². The van der Waals surface area contributed by atoms with Crippen molar-refractivity contribution in [3.8, 4) is 5.75 Å². The molecule has 1 heterocycles. The summed E-state index contributed by atoms with van der Waals surface area (Å²) >= 11 is 0. The van der Waals surface area contributed by atoms with Crippen molar-refractivity contribution in [3.63, 3.8) is 0 Å². The van der Waals surface area contributed by atoms with Crippen LogP contribution >= 0.6 is 0 Å². The summed E-state index contributed by atoms with van der Waals surface area (Å²) in [6, 6.07) is 19.9. The van der Waals surface area contributed by atoms with E-state index in [0.717, 1.165) is 33.7 Å². The molecule has 0 aliphatic carbocycles. The summed E-state index contributed by atoms with van der Waals surface area (Å²) in [6.07, 6.45) is 0. The summed E-state index contributed by atoms with van der Waals surface area (Å²) < 4.78 is 21.3. The van der Waals surface area contributed by atoms with Gasteiger partial charge in [0.1, 0.15) is 18.2 Å². The van der Waals surface area contributed by atoms with Crippen molar-refractivity contribution in [2.45, 2.75) is 40.8 Å². The van der Waals surface area contributed by atoms with Crippen LogP contribution < -0.4 is 10.1 Å². The molecule has 4 rings (SSSR count). The highest BCUT2D eigenvalue weighted by Crippen LogP contribution is 2.24. The van der Waals surface area contributed by atoms with E-state index in [1.54, 1.807) is 22.9 Å². The smallest absolute Gasteiger partial charge is 0.255 e. The molecular formula is C28H28FN3O2. The number of anilines is 1. The fourth-order valence-electron chi connectivity index (χ4n) is 3.96. The number of benzene rings is 3. The van der Waals surface area contributed by atoms with Crippen molar-refractivity contribution >= 4 is 11.6 Å². The Morgan fingerprint density at radius 1 is 0.941 bits per heavy atom. The Balaban J connectivity index is 1.42. The minimum absolute atomic E-state index is 0.210. The number of aromatic nitrogens is 2. The molecule has 3 aromatic carbocycles. The number of hydrogen-bond donors (Lipinski definition) is 1. The lowest BCUT2D eigenvalue weighted by Crippen LogP contribution is -2.13. The fourth-order valence-corrected chi connectivity index (χ4v) is 3.96. The van der Waals surface area contributed by atoms with E-state index in [-0.39, 0.29) is 11.7 Å². The van der Waals surface area contributed by atoms with Crippen LogP contribution in [0.1, 0.15) is 44.0 Å². The van der Waals surface area contributed by atoms with E-state index in [4.69, 9.17) is 4.74 Å². The highest BCUT2D eigenvalue weighted by molar-refractivity contribution is 6.04. The number of carbonyl (C=O) groups is 1. The molecule has 0 aliphatic heterocycles. The summed E-state index contributed by atoms with van der Waals surface area (Å²) in [7, 11) is 0. The average Bonchev–Trinajstić information content (AvgIpc) is 3.06. The Labute approximate surface area is 199 Å². The maximum absolute atomic E-state index is 13.5. The number of nitrogens with zero attached hydrogens (tertiary/aromatic N) is 2. The topological polar surface area (TPSA) is 56.1 Å². The van der Waals surface area contributed by atoms with E-state index < -0.39 is 0 Å². The van der Waals surface area contributed by atoms with E-state index in [1.165, 1.54) is 12.1 Å². The Bertz CT molecular complexity index is 1310. The van der Waals surface area contributed by atoms with Crippen molar-refractivity contribution in [1.29, 1.82) is 0 Å². The van der Waals surface area contributed by atoms with Crippen molar-refractivity contribution in [2.75, 3.05) is 5.32 Å². The van der Waals surface area contributed by atoms with Gasteiger partial charge >= 0.3 is 0 Å². The SMILES string of the molecule is Cc1cccc(C)c1OCc1ccc(C(=O)Nc2c(C)nn(Cc3cccc(F)c3)c2C)cc1. The van der Waals surface area contributed by atoms with Crippen LogP contribution in [-0.4, -0.2) is 15.7 Å². The third kappa shape index (κ3) is 5.17. The van der Waals surface area contributed by atoms with Crippen LogP contribution in [0.4, 0.5) is 10.1 Å². The van der Waals surface area contributed by atoms with E-state index in [1.807, 2.05) is 64.1 Å². The van der Waals surface area contributed by atoms with Crippen LogP contribution in [0, 0.1) is 33.5 Å². The van der Waals surface area contributed by atoms with Gasteiger partial charge in [0, 0.05) is 5.56 Å². The number of hydrogen-bond acceptors (Lipinski definition) is 3. The Morgan fingerprint density at radius 2 is 1.62 bits per heavy atom. The first-order chi connectivity index (χ1) is 16.3. The van der Waals surface area contributed by atoms with Gasteiger partial charge in [0.05, 0.1) is 23.6 Å². The molecule has 0 unspecified atom stereocenters. The Morgan fingerprint density at radius 3 is 2.29 bits per heavy atom. The van der Waals surface area contributed by atoms with Gasteiger partial charge in [-0.05, 0) is 74.2 Å². The molecule has 0 radical (unpaired) electrons. The van der Waals surface area contributed by atoms with Gasteiger partial charge in [0.25, 0.3) is 5.91 Å². The third-order valence-corrected chi connectivity index (χ3v) is 5.85. The summed E-state index contributed by atoms with van der Waals surface area (Å²) in [5.74, 6) is 0.402. The first kappa shape index (κ1) is 23.2. The van der Waals surface area contributed by atoms with E-state index in [0.29, 0.717) is 30.1 Å². The third-order valence-electron chi connectivity index (χ3n) is 5.85. The summed E-state index contributed by atoms with van der Waals surface area (Å²) in [4.78, 5) is 12.9. The summed E-state index contributed by atoms with van der Waals surface area (Å²) in [5, 5.41) is 7.50. The van der Waals surface area contributed by atoms with Gasteiger partial charge in [-0.25, -0.2) is 4.39 Å². The Hall–Kier alpha value is -3.93. The van der Waals surface area contributed by atoms with Gasteiger partial charge < -0.3 is 10.1 Å². The lowest BCUT2D eigenvalue weighted by Gasteiger charge is -2.12.